The van der Waals surface area contributed by atoms with Gasteiger partial charge in [0.05, 0.1) is 42.7 Å². The number of ether oxygens (including phenoxy) is 2. The second-order valence-corrected chi connectivity index (χ2v) is 12.4. The molecule has 0 saturated carbocycles. The summed E-state index contributed by atoms with van der Waals surface area (Å²) in [5.74, 6) is -2.63. The van der Waals surface area contributed by atoms with Crippen molar-refractivity contribution in [1.29, 1.82) is 0 Å². The number of hydrogen-bond acceptors (Lipinski definition) is 7. The highest BCUT2D eigenvalue weighted by molar-refractivity contribution is 5.86. The summed E-state index contributed by atoms with van der Waals surface area (Å²) in [6, 6.07) is 6.61. The number of rotatable bonds is 17. The van der Waals surface area contributed by atoms with E-state index in [1.807, 2.05) is 58.0 Å². The van der Waals surface area contributed by atoms with Crippen LogP contribution in [-0.2, 0) is 35.1 Å². The van der Waals surface area contributed by atoms with Gasteiger partial charge in [0.25, 0.3) is 0 Å². The van der Waals surface area contributed by atoms with Crippen molar-refractivity contribution in [3.63, 3.8) is 0 Å². The van der Waals surface area contributed by atoms with Gasteiger partial charge in [0.2, 0.25) is 17.7 Å². The Bertz CT molecular complexity index is 1090. The Labute approximate surface area is 262 Å². The van der Waals surface area contributed by atoms with E-state index < -0.39 is 42.1 Å². The lowest BCUT2D eigenvalue weighted by Crippen LogP contribution is -2.56. The zero-order valence-electron chi connectivity index (χ0n) is 27.7. The molecule has 1 aliphatic rings. The molecule has 44 heavy (non-hydrogen) atoms. The van der Waals surface area contributed by atoms with Crippen LogP contribution in [0.2, 0.25) is 0 Å². The molecule has 8 atom stereocenters. The molecule has 1 unspecified atom stereocenters. The highest BCUT2D eigenvalue weighted by Crippen LogP contribution is 2.29. The summed E-state index contributed by atoms with van der Waals surface area (Å²) in [7, 11) is 4.78. The molecule has 11 heteroatoms. The van der Waals surface area contributed by atoms with Crippen molar-refractivity contribution in [2.24, 2.45) is 23.5 Å². The zero-order chi connectivity index (χ0) is 33.1. The molecule has 0 spiro atoms. The first kappa shape index (κ1) is 37.2. The largest absolute Gasteiger partial charge is 0.480 e. The van der Waals surface area contributed by atoms with E-state index in [-0.39, 0.29) is 48.6 Å². The molecule has 1 aromatic carbocycles. The molecule has 248 valence electrons. The van der Waals surface area contributed by atoms with E-state index in [2.05, 4.69) is 5.32 Å². The van der Waals surface area contributed by atoms with Gasteiger partial charge in [-0.15, -0.1) is 0 Å². The summed E-state index contributed by atoms with van der Waals surface area (Å²) < 4.78 is 11.7. The van der Waals surface area contributed by atoms with Crippen LogP contribution in [0.3, 0.4) is 0 Å². The van der Waals surface area contributed by atoms with E-state index in [4.69, 9.17) is 15.2 Å². The van der Waals surface area contributed by atoms with Gasteiger partial charge in [0.15, 0.2) is 0 Å². The maximum absolute atomic E-state index is 13.8. The van der Waals surface area contributed by atoms with Crippen LogP contribution >= 0.6 is 0 Å². The molecule has 0 radical (unpaired) electrons. The number of likely N-dealkylation sites (N-methyl/N-ethyl adjacent to an activating group) is 1. The number of methoxy groups -OCH3 is 2. The molecule has 1 saturated heterocycles. The van der Waals surface area contributed by atoms with Crippen LogP contribution in [0.1, 0.15) is 65.9 Å². The molecule has 0 aromatic heterocycles. The summed E-state index contributed by atoms with van der Waals surface area (Å²) in [5, 5.41) is 12.5. The van der Waals surface area contributed by atoms with Crippen LogP contribution in [0.5, 0.6) is 0 Å². The Morgan fingerprint density at radius 1 is 1.09 bits per heavy atom. The number of nitrogens with two attached hydrogens (primary N) is 1. The van der Waals surface area contributed by atoms with Crippen LogP contribution in [0.25, 0.3) is 0 Å². The van der Waals surface area contributed by atoms with Crippen LogP contribution < -0.4 is 11.1 Å². The second-order valence-electron chi connectivity index (χ2n) is 12.4. The number of benzene rings is 1. The number of aliphatic carboxylic acids is 1. The summed E-state index contributed by atoms with van der Waals surface area (Å²) in [6.07, 6.45) is 1.14. The molecule has 11 nitrogen and oxygen atoms in total. The Balaban J connectivity index is 2.20. The Kier molecular flexibility index (Phi) is 14.8. The SMILES string of the molecule is CC[C@H](C)[C@@H]([C@@H](CC(=O)N1CCCC1[C@H](OC)[C@@H](C)C(=O)N[C@@H](Cc1ccccc1)C(=O)O)OC)N(C)C(=O)[C@@H](N)C(C)C. The van der Waals surface area contributed by atoms with Gasteiger partial charge >= 0.3 is 5.97 Å². The highest BCUT2D eigenvalue weighted by Gasteiger charge is 2.42. The monoisotopic (exact) mass is 618 g/mol. The average Bonchev–Trinajstić information content (AvgIpc) is 3.49. The molecule has 4 N–H and O–H groups in total. The van der Waals surface area contributed by atoms with E-state index >= 15 is 0 Å². The average molecular weight is 619 g/mol. The van der Waals surface area contributed by atoms with Crippen LogP contribution in [0.15, 0.2) is 30.3 Å². The van der Waals surface area contributed by atoms with Crippen molar-refractivity contribution in [2.75, 3.05) is 27.8 Å². The van der Waals surface area contributed by atoms with Crippen molar-refractivity contribution in [3.8, 4) is 0 Å². The second kappa shape index (κ2) is 17.5. The maximum atomic E-state index is 13.8. The van der Waals surface area contributed by atoms with Crippen molar-refractivity contribution < 1.29 is 33.8 Å². The summed E-state index contributed by atoms with van der Waals surface area (Å²) in [6.45, 7) is 10.1. The van der Waals surface area contributed by atoms with Crippen molar-refractivity contribution >= 4 is 23.7 Å². The fourth-order valence-electron chi connectivity index (χ4n) is 6.18. The van der Waals surface area contributed by atoms with Gasteiger partial charge in [0, 0.05) is 34.2 Å². The van der Waals surface area contributed by atoms with Gasteiger partial charge in [-0.25, -0.2) is 4.79 Å². The topological polar surface area (TPSA) is 152 Å². The minimum absolute atomic E-state index is 0.0372. The smallest absolute Gasteiger partial charge is 0.326 e. The molecular weight excluding hydrogens is 564 g/mol. The fourth-order valence-corrected chi connectivity index (χ4v) is 6.18. The summed E-state index contributed by atoms with van der Waals surface area (Å²) >= 11 is 0. The summed E-state index contributed by atoms with van der Waals surface area (Å²) in [4.78, 5) is 55.7. The predicted molar refractivity (Wildman–Crippen MR) is 169 cm³/mol. The van der Waals surface area contributed by atoms with Crippen LogP contribution in [-0.4, -0.2) is 103 Å². The van der Waals surface area contributed by atoms with Gasteiger partial charge < -0.3 is 35.4 Å². The van der Waals surface area contributed by atoms with Crippen LogP contribution in [0, 0.1) is 17.8 Å². The van der Waals surface area contributed by atoms with E-state index in [1.165, 1.54) is 7.11 Å². The van der Waals surface area contributed by atoms with Crippen LogP contribution in [0.4, 0.5) is 0 Å². The maximum Gasteiger partial charge on any atom is 0.326 e. The fraction of sp³-hybridized carbons (Fsp3) is 0.697. The first-order chi connectivity index (χ1) is 20.8. The number of amides is 3. The molecule has 2 rings (SSSR count). The molecule has 0 aliphatic carbocycles. The quantitative estimate of drug-likeness (QED) is 0.241. The van der Waals surface area contributed by atoms with Crippen molar-refractivity contribution in [2.45, 2.75) is 103 Å². The van der Waals surface area contributed by atoms with Gasteiger partial charge in [-0.3, -0.25) is 14.4 Å². The number of nitrogens with one attached hydrogen (secondary N) is 1. The summed E-state index contributed by atoms with van der Waals surface area (Å²) in [5.41, 5.74) is 7.00. The zero-order valence-corrected chi connectivity index (χ0v) is 27.7. The number of carboxylic acids is 1. The number of nitrogens with zero attached hydrogens (tertiary/aromatic N) is 2. The van der Waals surface area contributed by atoms with E-state index in [1.54, 1.807) is 30.9 Å². The molecule has 0 bridgehead atoms. The first-order valence-corrected chi connectivity index (χ1v) is 15.7. The number of carbonyl (C=O) groups is 4. The first-order valence-electron chi connectivity index (χ1n) is 15.7. The third kappa shape index (κ3) is 9.49. The Morgan fingerprint density at radius 2 is 1.73 bits per heavy atom. The lowest BCUT2D eigenvalue weighted by Gasteiger charge is -2.40. The molecule has 1 aliphatic heterocycles. The molecule has 1 fully saturated rings. The predicted octanol–water partition coefficient (Wildman–Crippen LogP) is 2.70. The molecular formula is C33H54N4O7. The van der Waals surface area contributed by atoms with Crippen molar-refractivity contribution in [3.05, 3.63) is 35.9 Å². The van der Waals surface area contributed by atoms with E-state index in [0.29, 0.717) is 13.0 Å². The third-order valence-corrected chi connectivity index (χ3v) is 9.16. The molecule has 1 heterocycles. The Morgan fingerprint density at radius 3 is 2.25 bits per heavy atom. The lowest BCUT2D eigenvalue weighted by atomic mass is 9.89. The highest BCUT2D eigenvalue weighted by atomic mass is 16.5. The van der Waals surface area contributed by atoms with E-state index in [9.17, 15) is 24.3 Å². The minimum atomic E-state index is -1.12. The third-order valence-electron chi connectivity index (χ3n) is 9.16. The van der Waals surface area contributed by atoms with E-state index in [0.717, 1.165) is 18.4 Å². The minimum Gasteiger partial charge on any atom is -0.480 e. The van der Waals surface area contributed by atoms with Gasteiger partial charge in [-0.2, -0.15) is 0 Å². The van der Waals surface area contributed by atoms with Gasteiger partial charge in [0.1, 0.15) is 6.04 Å². The molecule has 3 amide bonds. The normalized spacial score (nSPS) is 19.9. The number of likely N-dealkylation sites (tertiary alicyclic amines) is 1. The standard InChI is InChI=1S/C33H54N4O7/c1-9-21(4)29(36(6)32(40)28(34)20(2)3)26(43-7)19-27(38)37-17-13-16-25(37)30(44-8)22(5)31(39)35-24(33(41)42)18-23-14-11-10-12-15-23/h10-12,14-15,20-22,24-26,28-30H,9,13,16-19,34H2,1-8H3,(H,35,39)(H,41,42)/t21-,22+,24-,25?,26+,28-,29-,30+/m0/s1. The van der Waals surface area contributed by atoms with Gasteiger partial charge in [-0.1, -0.05) is 71.4 Å². The molecule has 1 aromatic rings. The lowest BCUT2D eigenvalue weighted by molar-refractivity contribution is -0.147. The number of carbonyl (C=O) groups excluding carboxylic acids is 3. The van der Waals surface area contributed by atoms with Gasteiger partial charge in [-0.05, 0) is 30.2 Å². The Hall–Kier alpha value is -3.02. The number of carboxylic acid groups (broad SMARTS) is 1. The van der Waals surface area contributed by atoms with Crippen molar-refractivity contribution in [1.82, 2.24) is 15.1 Å². The number of hydrogen-bond donors (Lipinski definition) is 3.